The fraction of sp³-hybridized carbons (Fsp3) is 0.0714. The van der Waals surface area contributed by atoms with Crippen LogP contribution in [0, 0.1) is 0 Å². The van der Waals surface area contributed by atoms with Crippen molar-refractivity contribution >= 4 is 0 Å². The molecule has 0 aliphatic heterocycles. The standard InChI is InChI=1S/C14H8F3N3O3/c15-14(16,17)23-12-2-1-10(21)4-11(12)8-3-9(6-18-5-8)13-20-19-7-22-13/h1-7,21H. The second kappa shape index (κ2) is 5.59. The van der Waals surface area contributed by atoms with Gasteiger partial charge in [-0.1, -0.05) is 0 Å². The molecular formula is C14H8F3N3O3. The molecule has 0 fully saturated rings. The van der Waals surface area contributed by atoms with E-state index in [1.165, 1.54) is 18.5 Å². The number of rotatable bonds is 3. The van der Waals surface area contributed by atoms with E-state index in [0.29, 0.717) is 5.56 Å². The zero-order chi connectivity index (χ0) is 16.4. The minimum absolute atomic E-state index is 0.0243. The van der Waals surface area contributed by atoms with Crippen molar-refractivity contribution in [3.8, 4) is 34.1 Å². The van der Waals surface area contributed by atoms with Gasteiger partial charge in [-0.05, 0) is 24.3 Å². The number of ether oxygens (including phenoxy) is 1. The van der Waals surface area contributed by atoms with E-state index in [1.807, 2.05) is 0 Å². The summed E-state index contributed by atoms with van der Waals surface area (Å²) in [4.78, 5) is 3.94. The predicted octanol–water partition coefficient (Wildman–Crippen LogP) is 3.40. The molecule has 118 valence electrons. The predicted molar refractivity (Wildman–Crippen MR) is 71.3 cm³/mol. The summed E-state index contributed by atoms with van der Waals surface area (Å²) >= 11 is 0. The van der Waals surface area contributed by atoms with Crippen molar-refractivity contribution in [3.63, 3.8) is 0 Å². The summed E-state index contributed by atoms with van der Waals surface area (Å²) in [5, 5.41) is 16.8. The number of nitrogens with zero attached hydrogens (tertiary/aromatic N) is 3. The molecule has 0 atom stereocenters. The topological polar surface area (TPSA) is 81.3 Å². The summed E-state index contributed by atoms with van der Waals surface area (Å²) in [6.45, 7) is 0. The zero-order valence-corrected chi connectivity index (χ0v) is 11.3. The molecule has 0 saturated heterocycles. The molecule has 2 aromatic heterocycles. The maximum atomic E-state index is 12.5. The van der Waals surface area contributed by atoms with E-state index < -0.39 is 12.1 Å². The van der Waals surface area contributed by atoms with Gasteiger partial charge >= 0.3 is 6.36 Å². The number of alkyl halides is 3. The van der Waals surface area contributed by atoms with Crippen LogP contribution < -0.4 is 4.74 Å². The molecular weight excluding hydrogens is 315 g/mol. The first-order valence-corrected chi connectivity index (χ1v) is 6.23. The molecule has 6 nitrogen and oxygen atoms in total. The molecule has 0 aliphatic rings. The van der Waals surface area contributed by atoms with Crippen molar-refractivity contribution in [1.29, 1.82) is 0 Å². The summed E-state index contributed by atoms with van der Waals surface area (Å²) in [6.07, 6.45) is -0.986. The maximum Gasteiger partial charge on any atom is 0.573 e. The van der Waals surface area contributed by atoms with Crippen molar-refractivity contribution in [1.82, 2.24) is 15.2 Å². The number of hydrogen-bond acceptors (Lipinski definition) is 6. The summed E-state index contributed by atoms with van der Waals surface area (Å²) in [7, 11) is 0. The largest absolute Gasteiger partial charge is 0.573 e. The van der Waals surface area contributed by atoms with Crippen LogP contribution in [0.15, 0.2) is 47.5 Å². The lowest BCUT2D eigenvalue weighted by molar-refractivity contribution is -0.274. The van der Waals surface area contributed by atoms with Gasteiger partial charge in [0, 0.05) is 23.5 Å². The van der Waals surface area contributed by atoms with Crippen LogP contribution in [0.4, 0.5) is 13.2 Å². The number of pyridine rings is 1. The fourth-order valence-corrected chi connectivity index (χ4v) is 1.96. The second-order valence-corrected chi connectivity index (χ2v) is 4.43. The number of aromatic hydroxyl groups is 1. The molecule has 3 aromatic rings. The van der Waals surface area contributed by atoms with E-state index in [-0.39, 0.29) is 22.8 Å². The van der Waals surface area contributed by atoms with Gasteiger partial charge < -0.3 is 14.3 Å². The van der Waals surface area contributed by atoms with Crippen LogP contribution >= 0.6 is 0 Å². The molecule has 3 rings (SSSR count). The Morgan fingerprint density at radius 2 is 1.87 bits per heavy atom. The van der Waals surface area contributed by atoms with Gasteiger partial charge in [0.2, 0.25) is 12.3 Å². The number of halogens is 3. The molecule has 0 aliphatic carbocycles. The highest BCUT2D eigenvalue weighted by molar-refractivity contribution is 5.74. The van der Waals surface area contributed by atoms with Gasteiger partial charge in [-0.25, -0.2) is 0 Å². The Morgan fingerprint density at radius 1 is 1.09 bits per heavy atom. The van der Waals surface area contributed by atoms with Crippen LogP contribution in [0.3, 0.4) is 0 Å². The third kappa shape index (κ3) is 3.39. The Balaban J connectivity index is 2.08. The van der Waals surface area contributed by atoms with Crippen LogP contribution in [0.5, 0.6) is 11.5 Å². The third-order valence-corrected chi connectivity index (χ3v) is 2.85. The summed E-state index contributed by atoms with van der Waals surface area (Å²) in [6, 6.07) is 4.77. The molecule has 0 radical (unpaired) electrons. The van der Waals surface area contributed by atoms with E-state index in [4.69, 9.17) is 4.42 Å². The molecule has 23 heavy (non-hydrogen) atoms. The molecule has 0 unspecified atom stereocenters. The highest BCUT2D eigenvalue weighted by atomic mass is 19.4. The van der Waals surface area contributed by atoms with Gasteiger partial charge in [0.15, 0.2) is 0 Å². The number of phenols is 1. The maximum absolute atomic E-state index is 12.5. The summed E-state index contributed by atoms with van der Waals surface area (Å²) in [5.74, 6) is -0.504. The lowest BCUT2D eigenvalue weighted by Gasteiger charge is -2.13. The minimum Gasteiger partial charge on any atom is -0.508 e. The first-order valence-electron chi connectivity index (χ1n) is 6.23. The highest BCUT2D eigenvalue weighted by Crippen LogP contribution is 2.37. The Hall–Kier alpha value is -3.10. The van der Waals surface area contributed by atoms with Gasteiger partial charge in [-0.3, -0.25) is 4.98 Å². The molecule has 0 spiro atoms. The van der Waals surface area contributed by atoms with E-state index in [1.54, 1.807) is 0 Å². The van der Waals surface area contributed by atoms with Crippen LogP contribution in [-0.4, -0.2) is 26.7 Å². The monoisotopic (exact) mass is 323 g/mol. The number of hydrogen-bond donors (Lipinski definition) is 1. The van der Waals surface area contributed by atoms with Gasteiger partial charge in [-0.15, -0.1) is 23.4 Å². The first kappa shape index (κ1) is 14.8. The molecule has 0 amide bonds. The average molecular weight is 323 g/mol. The van der Waals surface area contributed by atoms with Crippen molar-refractivity contribution in [2.24, 2.45) is 0 Å². The highest BCUT2D eigenvalue weighted by Gasteiger charge is 2.32. The van der Waals surface area contributed by atoms with Crippen LogP contribution in [0.25, 0.3) is 22.6 Å². The van der Waals surface area contributed by atoms with Gasteiger partial charge in [0.05, 0.1) is 5.56 Å². The van der Waals surface area contributed by atoms with E-state index in [9.17, 15) is 18.3 Å². The van der Waals surface area contributed by atoms with Crippen molar-refractivity contribution in [2.45, 2.75) is 6.36 Å². The van der Waals surface area contributed by atoms with Crippen molar-refractivity contribution < 1.29 is 27.4 Å². The SMILES string of the molecule is Oc1ccc(OC(F)(F)F)c(-c2cncc(-c3nnco3)c2)c1. The average Bonchev–Trinajstić information content (AvgIpc) is 3.02. The molecule has 1 aromatic carbocycles. The smallest absolute Gasteiger partial charge is 0.508 e. The number of phenolic OH excluding ortho intramolecular Hbond substituents is 1. The molecule has 2 heterocycles. The van der Waals surface area contributed by atoms with Crippen LogP contribution in [-0.2, 0) is 0 Å². The molecule has 1 N–H and O–H groups in total. The van der Waals surface area contributed by atoms with Gasteiger partial charge in [-0.2, -0.15) is 0 Å². The van der Waals surface area contributed by atoms with Crippen LogP contribution in [0.1, 0.15) is 0 Å². The van der Waals surface area contributed by atoms with Crippen molar-refractivity contribution in [2.75, 3.05) is 0 Å². The quantitative estimate of drug-likeness (QED) is 0.795. The van der Waals surface area contributed by atoms with Gasteiger partial charge in [0.25, 0.3) is 0 Å². The normalized spacial score (nSPS) is 11.4. The van der Waals surface area contributed by atoms with Gasteiger partial charge in [0.1, 0.15) is 11.5 Å². The zero-order valence-electron chi connectivity index (χ0n) is 11.3. The van der Waals surface area contributed by atoms with E-state index in [2.05, 4.69) is 19.9 Å². The Morgan fingerprint density at radius 3 is 2.57 bits per heavy atom. The third-order valence-electron chi connectivity index (χ3n) is 2.85. The second-order valence-electron chi connectivity index (χ2n) is 4.43. The number of aromatic nitrogens is 3. The first-order chi connectivity index (χ1) is 10.9. The Kier molecular flexibility index (Phi) is 3.61. The van der Waals surface area contributed by atoms with E-state index in [0.717, 1.165) is 24.6 Å². The lowest BCUT2D eigenvalue weighted by atomic mass is 10.0. The summed E-state index contributed by atoms with van der Waals surface area (Å²) in [5.41, 5.74) is 0.730. The molecule has 0 bridgehead atoms. The minimum atomic E-state index is -4.86. The Bertz CT molecular complexity index is 820. The van der Waals surface area contributed by atoms with E-state index >= 15 is 0 Å². The fourth-order valence-electron chi connectivity index (χ4n) is 1.96. The number of benzene rings is 1. The Labute approximate surface area is 127 Å². The summed E-state index contributed by atoms with van der Waals surface area (Å²) < 4.78 is 46.5. The van der Waals surface area contributed by atoms with Crippen LogP contribution in [0.2, 0.25) is 0 Å². The lowest BCUT2D eigenvalue weighted by Crippen LogP contribution is -2.17. The molecule has 9 heteroatoms. The van der Waals surface area contributed by atoms with Crippen molar-refractivity contribution in [3.05, 3.63) is 43.1 Å². The molecule has 0 saturated carbocycles.